The Bertz CT molecular complexity index is 506. The second-order valence-corrected chi connectivity index (χ2v) is 4.12. The first-order chi connectivity index (χ1) is 6.59. The van der Waals surface area contributed by atoms with Gasteiger partial charge in [-0.1, -0.05) is 29.3 Å². The molecule has 3 heteroatoms. The van der Waals surface area contributed by atoms with E-state index in [1.807, 2.05) is 32.0 Å². The molecule has 2 aromatic rings. The maximum absolute atomic E-state index is 6.01. The van der Waals surface area contributed by atoms with Gasteiger partial charge in [-0.3, -0.25) is 0 Å². The van der Waals surface area contributed by atoms with Gasteiger partial charge in [0, 0.05) is 10.4 Å². The third kappa shape index (κ3) is 1.47. The molecule has 0 aliphatic carbocycles. The van der Waals surface area contributed by atoms with Crippen molar-refractivity contribution in [2.45, 2.75) is 13.8 Å². The highest BCUT2D eigenvalue weighted by molar-refractivity contribution is 6.32. The normalized spacial score (nSPS) is 10.9. The molecule has 0 aliphatic rings. The van der Waals surface area contributed by atoms with E-state index in [2.05, 4.69) is 4.98 Å². The van der Waals surface area contributed by atoms with Crippen LogP contribution in [0.15, 0.2) is 18.2 Å². The zero-order valence-electron chi connectivity index (χ0n) is 7.94. The van der Waals surface area contributed by atoms with Gasteiger partial charge in [0.2, 0.25) is 0 Å². The minimum Gasteiger partial charge on any atom is -0.236 e. The SMILES string of the molecule is Cc1cc(Cl)nc2c(C)c(Cl)ccc12. The molecule has 0 spiro atoms. The van der Waals surface area contributed by atoms with Gasteiger partial charge in [-0.05, 0) is 37.1 Å². The number of benzene rings is 1. The van der Waals surface area contributed by atoms with E-state index in [1.165, 1.54) is 0 Å². The van der Waals surface area contributed by atoms with Gasteiger partial charge in [-0.25, -0.2) is 4.98 Å². The van der Waals surface area contributed by atoms with Crippen LogP contribution < -0.4 is 0 Å². The van der Waals surface area contributed by atoms with E-state index in [0.717, 1.165) is 27.1 Å². The molecule has 1 aromatic heterocycles. The lowest BCUT2D eigenvalue weighted by Crippen LogP contribution is -1.88. The van der Waals surface area contributed by atoms with Crippen molar-refractivity contribution in [3.05, 3.63) is 39.5 Å². The van der Waals surface area contributed by atoms with E-state index in [9.17, 15) is 0 Å². The number of halogens is 2. The van der Waals surface area contributed by atoms with Crippen LogP contribution in [0.5, 0.6) is 0 Å². The smallest absolute Gasteiger partial charge is 0.130 e. The largest absolute Gasteiger partial charge is 0.236 e. The molecule has 1 nitrogen and oxygen atoms in total. The van der Waals surface area contributed by atoms with Gasteiger partial charge in [0.1, 0.15) is 5.15 Å². The van der Waals surface area contributed by atoms with Crippen molar-refractivity contribution in [2.75, 3.05) is 0 Å². The maximum atomic E-state index is 6.01. The predicted molar refractivity (Wildman–Crippen MR) is 61.2 cm³/mol. The summed E-state index contributed by atoms with van der Waals surface area (Å²) in [6, 6.07) is 5.72. The summed E-state index contributed by atoms with van der Waals surface area (Å²) in [4.78, 5) is 4.28. The Morgan fingerprint density at radius 2 is 1.86 bits per heavy atom. The van der Waals surface area contributed by atoms with E-state index in [1.54, 1.807) is 0 Å². The Hall–Kier alpha value is -0.790. The summed E-state index contributed by atoms with van der Waals surface area (Å²) in [5, 5.41) is 2.35. The molecule has 14 heavy (non-hydrogen) atoms. The summed E-state index contributed by atoms with van der Waals surface area (Å²) in [5.41, 5.74) is 3.00. The number of fused-ring (bicyclic) bond motifs is 1. The topological polar surface area (TPSA) is 12.9 Å². The number of pyridine rings is 1. The molecule has 72 valence electrons. The van der Waals surface area contributed by atoms with Crippen molar-refractivity contribution >= 4 is 34.1 Å². The van der Waals surface area contributed by atoms with Crippen molar-refractivity contribution in [3.63, 3.8) is 0 Å². The number of aryl methyl sites for hydroxylation is 2. The zero-order valence-corrected chi connectivity index (χ0v) is 9.45. The Kier molecular flexibility index (Phi) is 2.38. The summed E-state index contributed by atoms with van der Waals surface area (Å²) in [6.45, 7) is 3.97. The fraction of sp³-hybridized carbons (Fsp3) is 0.182. The van der Waals surface area contributed by atoms with Gasteiger partial charge < -0.3 is 0 Å². The van der Waals surface area contributed by atoms with Crippen molar-refractivity contribution < 1.29 is 0 Å². The van der Waals surface area contributed by atoms with Crippen molar-refractivity contribution in [1.82, 2.24) is 4.98 Å². The van der Waals surface area contributed by atoms with Gasteiger partial charge in [0.05, 0.1) is 5.52 Å². The quantitative estimate of drug-likeness (QED) is 0.614. The van der Waals surface area contributed by atoms with Crippen LogP contribution in [-0.2, 0) is 0 Å². The van der Waals surface area contributed by atoms with Gasteiger partial charge in [0.15, 0.2) is 0 Å². The first-order valence-electron chi connectivity index (χ1n) is 4.31. The highest BCUT2D eigenvalue weighted by Gasteiger charge is 2.06. The monoisotopic (exact) mass is 225 g/mol. The third-order valence-electron chi connectivity index (χ3n) is 2.34. The van der Waals surface area contributed by atoms with Crippen LogP contribution in [0, 0.1) is 13.8 Å². The predicted octanol–water partition coefficient (Wildman–Crippen LogP) is 4.16. The molecular weight excluding hydrogens is 217 g/mol. The molecule has 0 saturated heterocycles. The number of rotatable bonds is 0. The van der Waals surface area contributed by atoms with Crippen LogP contribution in [0.4, 0.5) is 0 Å². The summed E-state index contributed by atoms with van der Waals surface area (Å²) in [5.74, 6) is 0. The molecule has 1 aromatic carbocycles. The van der Waals surface area contributed by atoms with Gasteiger partial charge in [0.25, 0.3) is 0 Å². The molecule has 0 radical (unpaired) electrons. The Labute approximate surface area is 92.7 Å². The number of hydrogen-bond donors (Lipinski definition) is 0. The van der Waals surface area contributed by atoms with E-state index in [4.69, 9.17) is 23.2 Å². The first kappa shape index (κ1) is 9.75. The highest BCUT2D eigenvalue weighted by Crippen LogP contribution is 2.27. The third-order valence-corrected chi connectivity index (χ3v) is 2.95. The summed E-state index contributed by atoms with van der Waals surface area (Å²) in [6.07, 6.45) is 0. The molecule has 0 unspecified atom stereocenters. The van der Waals surface area contributed by atoms with E-state index < -0.39 is 0 Å². The highest BCUT2D eigenvalue weighted by atomic mass is 35.5. The summed E-state index contributed by atoms with van der Waals surface area (Å²) < 4.78 is 0. The van der Waals surface area contributed by atoms with Crippen LogP contribution >= 0.6 is 23.2 Å². The van der Waals surface area contributed by atoms with Crippen LogP contribution in [-0.4, -0.2) is 4.98 Å². The Morgan fingerprint density at radius 3 is 2.57 bits per heavy atom. The maximum Gasteiger partial charge on any atom is 0.130 e. The van der Waals surface area contributed by atoms with Crippen LogP contribution in [0.25, 0.3) is 10.9 Å². The first-order valence-corrected chi connectivity index (χ1v) is 5.07. The van der Waals surface area contributed by atoms with Gasteiger partial charge in [-0.15, -0.1) is 0 Å². The molecule has 0 N–H and O–H groups in total. The number of nitrogens with zero attached hydrogens (tertiary/aromatic N) is 1. The molecule has 0 aliphatic heterocycles. The number of aromatic nitrogens is 1. The minimum absolute atomic E-state index is 0.514. The van der Waals surface area contributed by atoms with E-state index >= 15 is 0 Å². The standard InChI is InChI=1S/C11H9Cl2N/c1-6-5-10(13)14-11-7(2)9(12)4-3-8(6)11/h3-5H,1-2H3. The second kappa shape index (κ2) is 3.41. The Balaban J connectivity index is 2.95. The lowest BCUT2D eigenvalue weighted by molar-refractivity contribution is 1.33. The second-order valence-electron chi connectivity index (χ2n) is 3.33. The average Bonchev–Trinajstić information content (AvgIpc) is 2.12. The zero-order chi connectivity index (χ0) is 10.3. The summed E-state index contributed by atoms with van der Waals surface area (Å²) >= 11 is 11.9. The molecule has 0 atom stereocenters. The molecule has 0 fully saturated rings. The van der Waals surface area contributed by atoms with Crippen molar-refractivity contribution in [1.29, 1.82) is 0 Å². The molecule has 2 rings (SSSR count). The fourth-order valence-corrected chi connectivity index (χ4v) is 1.93. The van der Waals surface area contributed by atoms with Crippen LogP contribution in [0.1, 0.15) is 11.1 Å². The lowest BCUT2D eigenvalue weighted by Gasteiger charge is -2.06. The lowest BCUT2D eigenvalue weighted by atomic mass is 10.1. The molecular formula is C11H9Cl2N. The fourth-order valence-electron chi connectivity index (χ4n) is 1.53. The van der Waals surface area contributed by atoms with Crippen molar-refractivity contribution in [2.24, 2.45) is 0 Å². The van der Waals surface area contributed by atoms with Gasteiger partial charge in [-0.2, -0.15) is 0 Å². The molecule has 0 saturated carbocycles. The van der Waals surface area contributed by atoms with Crippen LogP contribution in [0.2, 0.25) is 10.2 Å². The summed E-state index contributed by atoms with van der Waals surface area (Å²) in [7, 11) is 0. The number of hydrogen-bond acceptors (Lipinski definition) is 1. The molecule has 1 heterocycles. The average molecular weight is 226 g/mol. The Morgan fingerprint density at radius 1 is 1.14 bits per heavy atom. The minimum atomic E-state index is 0.514. The van der Waals surface area contributed by atoms with Gasteiger partial charge >= 0.3 is 0 Å². The molecule has 0 bridgehead atoms. The van der Waals surface area contributed by atoms with Crippen molar-refractivity contribution in [3.8, 4) is 0 Å². The van der Waals surface area contributed by atoms with Crippen LogP contribution in [0.3, 0.4) is 0 Å². The van der Waals surface area contributed by atoms with E-state index in [0.29, 0.717) is 5.15 Å². The van der Waals surface area contributed by atoms with E-state index in [-0.39, 0.29) is 0 Å². The molecule has 0 amide bonds.